The van der Waals surface area contributed by atoms with Crippen LogP contribution in [0.3, 0.4) is 0 Å². The highest BCUT2D eigenvalue weighted by Gasteiger charge is 2.21. The third-order valence-corrected chi connectivity index (χ3v) is 6.10. The van der Waals surface area contributed by atoms with Crippen molar-refractivity contribution in [2.75, 3.05) is 7.05 Å². The van der Waals surface area contributed by atoms with Crippen LogP contribution in [0.25, 0.3) is 0 Å². The summed E-state index contributed by atoms with van der Waals surface area (Å²) in [5.74, 6) is 0. The summed E-state index contributed by atoms with van der Waals surface area (Å²) < 4.78 is 27.0. The Morgan fingerprint density at radius 2 is 1.90 bits per heavy atom. The number of hydrogen-bond donors (Lipinski definition) is 0. The first-order chi connectivity index (χ1) is 9.80. The van der Waals surface area contributed by atoms with Crippen LogP contribution in [-0.2, 0) is 16.6 Å². The predicted molar refractivity (Wildman–Crippen MR) is 89.0 cm³/mol. The molecular formula is C15H15BrClNO2S. The van der Waals surface area contributed by atoms with E-state index >= 15 is 0 Å². The van der Waals surface area contributed by atoms with Crippen LogP contribution in [0.2, 0.25) is 5.02 Å². The molecule has 0 saturated carbocycles. The first-order valence-electron chi connectivity index (χ1n) is 6.27. The van der Waals surface area contributed by atoms with Crippen molar-refractivity contribution in [1.82, 2.24) is 4.31 Å². The Morgan fingerprint density at radius 3 is 2.52 bits per heavy atom. The molecule has 0 spiro atoms. The van der Waals surface area contributed by atoms with Crippen LogP contribution in [-0.4, -0.2) is 19.8 Å². The summed E-state index contributed by atoms with van der Waals surface area (Å²) in [6.45, 7) is 2.30. The van der Waals surface area contributed by atoms with Gasteiger partial charge in [0, 0.05) is 18.1 Å². The quantitative estimate of drug-likeness (QED) is 0.786. The lowest BCUT2D eigenvalue weighted by Crippen LogP contribution is -2.26. The predicted octanol–water partition coefficient (Wildman–Crippen LogP) is 4.23. The summed E-state index contributed by atoms with van der Waals surface area (Å²) in [5, 5.41) is 0.482. The molecule has 0 aliphatic heterocycles. The Balaban J connectivity index is 2.28. The number of hydrogen-bond acceptors (Lipinski definition) is 2. The molecule has 3 nitrogen and oxygen atoms in total. The van der Waals surface area contributed by atoms with Crippen molar-refractivity contribution in [3.8, 4) is 0 Å². The Hall–Kier alpha value is -0.880. The van der Waals surface area contributed by atoms with E-state index in [1.54, 1.807) is 13.1 Å². The lowest BCUT2D eigenvalue weighted by Gasteiger charge is -2.18. The van der Waals surface area contributed by atoms with Crippen LogP contribution in [0.4, 0.5) is 0 Å². The zero-order valence-electron chi connectivity index (χ0n) is 11.7. The molecule has 0 atom stereocenters. The third-order valence-electron chi connectivity index (χ3n) is 3.09. The van der Waals surface area contributed by atoms with Gasteiger partial charge in [-0.15, -0.1) is 0 Å². The summed E-state index contributed by atoms with van der Waals surface area (Å²) in [5.41, 5.74) is 2.06. The maximum atomic E-state index is 12.5. The van der Waals surface area contributed by atoms with Crippen LogP contribution in [0, 0.1) is 6.92 Å². The smallest absolute Gasteiger partial charge is 0.207 e. The Kier molecular flexibility index (Phi) is 5.09. The fourth-order valence-corrected chi connectivity index (χ4v) is 3.80. The summed E-state index contributed by atoms with van der Waals surface area (Å²) in [4.78, 5) is 0.217. The third kappa shape index (κ3) is 3.86. The second-order valence-corrected chi connectivity index (χ2v) is 8.13. The van der Waals surface area contributed by atoms with E-state index in [1.807, 2.05) is 31.2 Å². The van der Waals surface area contributed by atoms with Gasteiger partial charge >= 0.3 is 0 Å². The molecule has 0 heterocycles. The highest BCUT2D eigenvalue weighted by atomic mass is 79.9. The van der Waals surface area contributed by atoms with Crippen molar-refractivity contribution in [3.05, 3.63) is 63.1 Å². The van der Waals surface area contributed by atoms with Crippen molar-refractivity contribution < 1.29 is 8.42 Å². The van der Waals surface area contributed by atoms with Crippen molar-refractivity contribution in [1.29, 1.82) is 0 Å². The van der Waals surface area contributed by atoms with Crippen LogP contribution >= 0.6 is 27.5 Å². The lowest BCUT2D eigenvalue weighted by molar-refractivity contribution is 0.466. The number of halogens is 2. The Labute approximate surface area is 138 Å². The van der Waals surface area contributed by atoms with Gasteiger partial charge in [-0.2, -0.15) is 4.31 Å². The molecule has 21 heavy (non-hydrogen) atoms. The van der Waals surface area contributed by atoms with Crippen molar-refractivity contribution in [2.24, 2.45) is 0 Å². The number of nitrogens with zero attached hydrogens (tertiary/aromatic N) is 1. The SMILES string of the molecule is Cc1cccc(CN(C)S(=O)(=O)c2ccc(Cl)c(Br)c2)c1. The lowest BCUT2D eigenvalue weighted by atomic mass is 10.1. The number of aryl methyl sites for hydroxylation is 1. The topological polar surface area (TPSA) is 37.4 Å². The zero-order chi connectivity index (χ0) is 15.6. The molecule has 0 amide bonds. The van der Waals surface area contributed by atoms with E-state index in [1.165, 1.54) is 16.4 Å². The normalized spacial score (nSPS) is 11.9. The van der Waals surface area contributed by atoms with Gasteiger partial charge in [-0.25, -0.2) is 8.42 Å². The van der Waals surface area contributed by atoms with Crippen molar-refractivity contribution in [2.45, 2.75) is 18.4 Å². The standard InChI is InChI=1S/C15H15BrClNO2S/c1-11-4-3-5-12(8-11)10-18(2)21(19,20)13-6-7-15(17)14(16)9-13/h3-9H,10H2,1-2H3. The molecule has 0 fully saturated rings. The summed E-state index contributed by atoms with van der Waals surface area (Å²) in [7, 11) is -1.97. The van der Waals surface area contributed by atoms with E-state index in [4.69, 9.17) is 11.6 Å². The maximum absolute atomic E-state index is 12.5. The van der Waals surface area contributed by atoms with E-state index < -0.39 is 10.0 Å². The van der Waals surface area contributed by atoms with Gasteiger partial charge in [-0.1, -0.05) is 41.4 Å². The minimum Gasteiger partial charge on any atom is -0.207 e. The minimum absolute atomic E-state index is 0.217. The molecule has 0 N–H and O–H groups in total. The molecule has 112 valence electrons. The molecule has 0 aromatic heterocycles. The molecule has 0 unspecified atom stereocenters. The molecule has 0 radical (unpaired) electrons. The highest BCUT2D eigenvalue weighted by Crippen LogP contribution is 2.27. The molecule has 0 aliphatic carbocycles. The molecule has 6 heteroatoms. The monoisotopic (exact) mass is 387 g/mol. The van der Waals surface area contributed by atoms with Gasteiger partial charge in [-0.05, 0) is 46.6 Å². The van der Waals surface area contributed by atoms with Crippen LogP contribution in [0.5, 0.6) is 0 Å². The van der Waals surface area contributed by atoms with Crippen LogP contribution in [0.15, 0.2) is 51.8 Å². The van der Waals surface area contributed by atoms with E-state index in [0.717, 1.165) is 11.1 Å². The minimum atomic E-state index is -3.54. The molecular weight excluding hydrogens is 374 g/mol. The zero-order valence-corrected chi connectivity index (χ0v) is 14.8. The second kappa shape index (κ2) is 6.48. The number of benzene rings is 2. The average molecular weight is 389 g/mol. The van der Waals surface area contributed by atoms with E-state index in [9.17, 15) is 8.42 Å². The molecule has 0 aliphatic rings. The second-order valence-electron chi connectivity index (χ2n) is 4.83. The van der Waals surface area contributed by atoms with Crippen molar-refractivity contribution >= 4 is 37.6 Å². The van der Waals surface area contributed by atoms with Gasteiger partial charge in [0.1, 0.15) is 0 Å². The number of rotatable bonds is 4. The first-order valence-corrected chi connectivity index (χ1v) is 8.89. The summed E-state index contributed by atoms with van der Waals surface area (Å²) in [6.07, 6.45) is 0. The molecule has 2 aromatic carbocycles. The Bertz CT molecular complexity index is 762. The summed E-state index contributed by atoms with van der Waals surface area (Å²) >= 11 is 9.15. The van der Waals surface area contributed by atoms with E-state index in [0.29, 0.717) is 16.0 Å². The largest absolute Gasteiger partial charge is 0.243 e. The first kappa shape index (κ1) is 16.5. The van der Waals surface area contributed by atoms with Gasteiger partial charge in [-0.3, -0.25) is 0 Å². The fourth-order valence-electron chi connectivity index (χ4n) is 1.97. The van der Waals surface area contributed by atoms with Gasteiger partial charge in [0.25, 0.3) is 0 Å². The molecule has 0 saturated heterocycles. The maximum Gasteiger partial charge on any atom is 0.243 e. The molecule has 0 bridgehead atoms. The van der Waals surface area contributed by atoms with Gasteiger partial charge in [0.05, 0.1) is 9.92 Å². The highest BCUT2D eigenvalue weighted by molar-refractivity contribution is 9.10. The average Bonchev–Trinajstić information content (AvgIpc) is 2.41. The van der Waals surface area contributed by atoms with Gasteiger partial charge < -0.3 is 0 Å². The van der Waals surface area contributed by atoms with Crippen molar-refractivity contribution in [3.63, 3.8) is 0 Å². The van der Waals surface area contributed by atoms with Gasteiger partial charge in [0.15, 0.2) is 0 Å². The summed E-state index contributed by atoms with van der Waals surface area (Å²) in [6, 6.07) is 12.4. The Morgan fingerprint density at radius 1 is 1.19 bits per heavy atom. The number of sulfonamides is 1. The molecule has 2 rings (SSSR count). The van der Waals surface area contributed by atoms with Crippen LogP contribution in [0.1, 0.15) is 11.1 Å². The van der Waals surface area contributed by atoms with Gasteiger partial charge in [0.2, 0.25) is 10.0 Å². The van der Waals surface area contributed by atoms with E-state index in [-0.39, 0.29) is 4.90 Å². The molecule has 2 aromatic rings. The fraction of sp³-hybridized carbons (Fsp3) is 0.200. The van der Waals surface area contributed by atoms with Crippen LogP contribution < -0.4 is 0 Å². The van der Waals surface area contributed by atoms with E-state index in [2.05, 4.69) is 15.9 Å².